The van der Waals surface area contributed by atoms with E-state index >= 15 is 0 Å². The van der Waals surface area contributed by atoms with Crippen LogP contribution in [0, 0.1) is 11.3 Å². The van der Waals surface area contributed by atoms with Crippen molar-refractivity contribution in [1.82, 2.24) is 4.90 Å². The molecule has 2 amide bonds. The number of carbonyl (C=O) groups is 2. The third kappa shape index (κ3) is 5.02. The molecular weight excluding hydrogens is 399 g/mol. The first-order chi connectivity index (χ1) is 13.5. The number of halogens is 2. The lowest BCUT2D eigenvalue weighted by Gasteiger charge is -2.23. The van der Waals surface area contributed by atoms with E-state index in [0.717, 1.165) is 6.42 Å². The summed E-state index contributed by atoms with van der Waals surface area (Å²) >= 11 is 11.9. The molecule has 0 unspecified atom stereocenters. The van der Waals surface area contributed by atoms with Crippen LogP contribution in [0.5, 0.6) is 0 Å². The summed E-state index contributed by atoms with van der Waals surface area (Å²) in [6, 6.07) is 13.2. The van der Waals surface area contributed by atoms with Gasteiger partial charge in [-0.25, -0.2) is 0 Å². The highest BCUT2D eigenvalue weighted by molar-refractivity contribution is 6.35. The van der Waals surface area contributed by atoms with Crippen LogP contribution in [-0.4, -0.2) is 35.8 Å². The maximum atomic E-state index is 12.7. The summed E-state index contributed by atoms with van der Waals surface area (Å²) in [5.41, 5.74) is 1.37. The fraction of sp³-hybridized carbons (Fsp3) is 0.250. The number of para-hydroxylation sites is 1. The van der Waals surface area contributed by atoms with Crippen LogP contribution in [0.4, 0.5) is 11.4 Å². The van der Waals surface area contributed by atoms with Crippen LogP contribution in [0.2, 0.25) is 10.0 Å². The number of hydrogen-bond donors (Lipinski definition) is 2. The molecule has 1 fully saturated rings. The van der Waals surface area contributed by atoms with Crippen molar-refractivity contribution in [3.63, 3.8) is 0 Å². The Labute approximate surface area is 173 Å². The number of amides is 2. The van der Waals surface area contributed by atoms with Crippen molar-refractivity contribution in [3.8, 4) is 6.07 Å². The van der Waals surface area contributed by atoms with E-state index in [1.54, 1.807) is 42.5 Å². The molecule has 0 aliphatic carbocycles. The third-order valence-corrected chi connectivity index (χ3v) is 4.90. The van der Waals surface area contributed by atoms with E-state index in [-0.39, 0.29) is 18.4 Å². The van der Waals surface area contributed by atoms with Gasteiger partial charge >= 0.3 is 0 Å². The van der Waals surface area contributed by atoms with Crippen LogP contribution >= 0.6 is 23.2 Å². The zero-order chi connectivity index (χ0) is 20.1. The maximum Gasteiger partial charge on any atom is 0.241 e. The van der Waals surface area contributed by atoms with E-state index in [1.807, 2.05) is 11.0 Å². The Morgan fingerprint density at radius 3 is 2.57 bits per heavy atom. The number of likely N-dealkylation sites (tertiary alicyclic amines) is 1. The van der Waals surface area contributed by atoms with Gasteiger partial charge in [0, 0.05) is 15.7 Å². The molecule has 0 saturated carbocycles. The van der Waals surface area contributed by atoms with E-state index in [1.165, 1.54) is 0 Å². The van der Waals surface area contributed by atoms with Gasteiger partial charge in [-0.3, -0.25) is 14.5 Å². The van der Waals surface area contributed by atoms with Gasteiger partial charge < -0.3 is 10.6 Å². The zero-order valence-electron chi connectivity index (χ0n) is 14.9. The van der Waals surface area contributed by atoms with Gasteiger partial charge in [0.15, 0.2) is 0 Å². The molecule has 2 N–H and O–H groups in total. The van der Waals surface area contributed by atoms with Crippen molar-refractivity contribution in [1.29, 1.82) is 5.26 Å². The Bertz CT molecular complexity index is 922. The van der Waals surface area contributed by atoms with E-state index in [0.29, 0.717) is 39.9 Å². The number of anilines is 2. The number of benzene rings is 2. The molecule has 0 bridgehead atoms. The molecule has 1 heterocycles. The summed E-state index contributed by atoms with van der Waals surface area (Å²) in [5, 5.41) is 15.5. The molecule has 1 saturated heterocycles. The molecule has 1 atom stereocenters. The van der Waals surface area contributed by atoms with Crippen LogP contribution in [0.3, 0.4) is 0 Å². The zero-order valence-corrected chi connectivity index (χ0v) is 16.4. The van der Waals surface area contributed by atoms with Crippen molar-refractivity contribution in [3.05, 3.63) is 58.1 Å². The van der Waals surface area contributed by atoms with Gasteiger partial charge in [0.2, 0.25) is 11.8 Å². The van der Waals surface area contributed by atoms with Crippen LogP contribution in [0.25, 0.3) is 0 Å². The molecule has 1 aliphatic rings. The highest BCUT2D eigenvalue weighted by Crippen LogP contribution is 2.24. The highest BCUT2D eigenvalue weighted by atomic mass is 35.5. The fourth-order valence-corrected chi connectivity index (χ4v) is 3.75. The van der Waals surface area contributed by atoms with Crippen molar-refractivity contribution >= 4 is 46.4 Å². The lowest BCUT2D eigenvalue weighted by Crippen LogP contribution is -2.43. The monoisotopic (exact) mass is 416 g/mol. The first kappa shape index (κ1) is 20.2. The Balaban J connectivity index is 1.63. The number of nitrogens with one attached hydrogen (secondary N) is 2. The second-order valence-electron chi connectivity index (χ2n) is 6.48. The summed E-state index contributed by atoms with van der Waals surface area (Å²) in [7, 11) is 0. The van der Waals surface area contributed by atoms with Crippen molar-refractivity contribution in [2.24, 2.45) is 0 Å². The minimum atomic E-state index is -0.422. The highest BCUT2D eigenvalue weighted by Gasteiger charge is 2.32. The summed E-state index contributed by atoms with van der Waals surface area (Å²) in [6.45, 7) is 0.704. The number of hydrogen-bond acceptors (Lipinski definition) is 4. The van der Waals surface area contributed by atoms with Gasteiger partial charge in [-0.2, -0.15) is 5.26 Å². The number of nitrogens with zero attached hydrogens (tertiary/aromatic N) is 2. The smallest absolute Gasteiger partial charge is 0.241 e. The number of carbonyl (C=O) groups excluding carboxylic acids is 2. The minimum absolute atomic E-state index is 0.0636. The Morgan fingerprint density at radius 1 is 1.14 bits per heavy atom. The molecule has 28 heavy (non-hydrogen) atoms. The molecule has 0 spiro atoms. The molecule has 1 aliphatic heterocycles. The Morgan fingerprint density at radius 2 is 1.86 bits per heavy atom. The van der Waals surface area contributed by atoms with Gasteiger partial charge in [0.1, 0.15) is 6.07 Å². The average Bonchev–Trinajstić information content (AvgIpc) is 3.09. The summed E-state index contributed by atoms with van der Waals surface area (Å²) in [5.74, 6) is -0.478. The van der Waals surface area contributed by atoms with Crippen LogP contribution in [-0.2, 0) is 9.59 Å². The number of nitriles is 1. The van der Waals surface area contributed by atoms with Crippen molar-refractivity contribution in [2.75, 3.05) is 23.7 Å². The largest absolute Gasteiger partial charge is 0.325 e. The molecule has 8 heteroatoms. The maximum absolute atomic E-state index is 12.7. The first-order valence-electron chi connectivity index (χ1n) is 8.76. The van der Waals surface area contributed by atoms with Gasteiger partial charge in [-0.05, 0) is 49.7 Å². The molecule has 0 radical (unpaired) electrons. The molecule has 0 aromatic heterocycles. The Hall–Kier alpha value is -2.59. The van der Waals surface area contributed by atoms with Gasteiger partial charge in [-0.15, -0.1) is 0 Å². The molecule has 3 rings (SSSR count). The quantitative estimate of drug-likeness (QED) is 0.773. The van der Waals surface area contributed by atoms with E-state index in [2.05, 4.69) is 10.6 Å². The third-order valence-electron chi connectivity index (χ3n) is 4.46. The van der Waals surface area contributed by atoms with Gasteiger partial charge in [-0.1, -0.05) is 35.3 Å². The van der Waals surface area contributed by atoms with Gasteiger partial charge in [0.25, 0.3) is 0 Å². The minimum Gasteiger partial charge on any atom is -0.325 e. The second kappa shape index (κ2) is 9.07. The molecule has 6 nitrogen and oxygen atoms in total. The SMILES string of the molecule is N#Cc1ccccc1NC(=O)CN1CCC[C@@H]1C(=O)Nc1cc(Cl)cc(Cl)c1. The van der Waals surface area contributed by atoms with E-state index < -0.39 is 6.04 Å². The first-order valence-corrected chi connectivity index (χ1v) is 9.52. The van der Waals surface area contributed by atoms with Crippen LogP contribution in [0.1, 0.15) is 18.4 Å². The van der Waals surface area contributed by atoms with Gasteiger partial charge in [0.05, 0.1) is 23.8 Å². The summed E-state index contributed by atoms with van der Waals surface area (Å²) < 4.78 is 0. The van der Waals surface area contributed by atoms with E-state index in [4.69, 9.17) is 28.5 Å². The Kier molecular flexibility index (Phi) is 6.53. The van der Waals surface area contributed by atoms with Crippen LogP contribution < -0.4 is 10.6 Å². The predicted octanol–water partition coefficient (Wildman–Crippen LogP) is 3.91. The standard InChI is InChI=1S/C20H18Cl2N4O2/c21-14-8-15(22)10-16(9-14)24-20(28)18-6-3-7-26(18)12-19(27)25-17-5-2-1-4-13(17)11-23/h1-2,4-5,8-10,18H,3,6-7,12H2,(H,24,28)(H,25,27)/t18-/m1/s1. The number of rotatable bonds is 5. The van der Waals surface area contributed by atoms with E-state index in [9.17, 15) is 9.59 Å². The molecular formula is C20H18Cl2N4O2. The molecule has 2 aromatic carbocycles. The lowest BCUT2D eigenvalue weighted by atomic mass is 10.2. The molecule has 2 aromatic rings. The van der Waals surface area contributed by atoms with Crippen molar-refractivity contribution in [2.45, 2.75) is 18.9 Å². The topological polar surface area (TPSA) is 85.2 Å². The second-order valence-corrected chi connectivity index (χ2v) is 7.35. The average molecular weight is 417 g/mol. The predicted molar refractivity (Wildman–Crippen MR) is 109 cm³/mol. The normalized spacial score (nSPS) is 16.4. The fourth-order valence-electron chi connectivity index (χ4n) is 3.23. The van der Waals surface area contributed by atoms with Crippen molar-refractivity contribution < 1.29 is 9.59 Å². The summed E-state index contributed by atoms with van der Waals surface area (Å²) in [4.78, 5) is 26.9. The molecule has 144 valence electrons. The lowest BCUT2D eigenvalue weighted by molar-refractivity contribution is -0.122. The summed E-state index contributed by atoms with van der Waals surface area (Å²) in [6.07, 6.45) is 1.47. The van der Waals surface area contributed by atoms with Crippen LogP contribution in [0.15, 0.2) is 42.5 Å².